The first-order chi connectivity index (χ1) is 9.99. The van der Waals surface area contributed by atoms with Gasteiger partial charge in [-0.2, -0.15) is 0 Å². The molecule has 1 N–H and O–H groups in total. The minimum absolute atomic E-state index is 0.00264. The van der Waals surface area contributed by atoms with Crippen LogP contribution < -0.4 is 4.90 Å². The molecule has 1 aliphatic heterocycles. The molecule has 0 saturated carbocycles. The van der Waals surface area contributed by atoms with Crippen LogP contribution in [-0.4, -0.2) is 33.6 Å². The lowest BCUT2D eigenvalue weighted by Crippen LogP contribution is -2.40. The van der Waals surface area contributed by atoms with Gasteiger partial charge in [0.05, 0.1) is 4.92 Å². The van der Waals surface area contributed by atoms with Crippen LogP contribution in [0.25, 0.3) is 0 Å². The summed E-state index contributed by atoms with van der Waals surface area (Å²) < 4.78 is 0. The normalized spacial score (nSPS) is 18.5. The molecule has 1 aliphatic rings. The molecule has 1 aromatic heterocycles. The Labute approximate surface area is 122 Å². The molecule has 0 bridgehead atoms. The highest BCUT2D eigenvalue weighted by Crippen LogP contribution is 2.32. The van der Waals surface area contributed by atoms with E-state index in [1.54, 1.807) is 13.0 Å². The van der Waals surface area contributed by atoms with Crippen LogP contribution in [-0.2, 0) is 4.79 Å². The fourth-order valence-electron chi connectivity index (χ4n) is 2.76. The maximum atomic E-state index is 11.2. The predicted octanol–water partition coefficient (Wildman–Crippen LogP) is 2.52. The lowest BCUT2D eigenvalue weighted by molar-refractivity contribution is -0.384. The summed E-state index contributed by atoms with van der Waals surface area (Å²) in [5.74, 6) is -0.470. The van der Waals surface area contributed by atoms with Gasteiger partial charge in [0.2, 0.25) is 5.82 Å². The number of pyridine rings is 1. The van der Waals surface area contributed by atoms with E-state index >= 15 is 0 Å². The molecule has 7 nitrogen and oxygen atoms in total. The lowest BCUT2D eigenvalue weighted by atomic mass is 9.97. The summed E-state index contributed by atoms with van der Waals surface area (Å²) in [5.41, 5.74) is 0.709. The average Bonchev–Trinajstić information content (AvgIpc) is 2.45. The highest BCUT2D eigenvalue weighted by atomic mass is 16.6. The van der Waals surface area contributed by atoms with Gasteiger partial charge in [0, 0.05) is 30.8 Å². The van der Waals surface area contributed by atoms with Crippen molar-refractivity contribution in [2.45, 2.75) is 45.1 Å². The number of aromatic nitrogens is 1. The molecule has 7 heteroatoms. The van der Waals surface area contributed by atoms with Gasteiger partial charge >= 0.3 is 11.7 Å². The molecule has 0 amide bonds. The van der Waals surface area contributed by atoms with Crippen LogP contribution in [0.15, 0.2) is 12.1 Å². The fraction of sp³-hybridized carbons (Fsp3) is 0.571. The number of aryl methyl sites for hydroxylation is 1. The van der Waals surface area contributed by atoms with Crippen LogP contribution in [0.4, 0.5) is 11.5 Å². The summed E-state index contributed by atoms with van der Waals surface area (Å²) >= 11 is 0. The monoisotopic (exact) mass is 293 g/mol. The third kappa shape index (κ3) is 3.68. The van der Waals surface area contributed by atoms with Gasteiger partial charge in [-0.1, -0.05) is 0 Å². The van der Waals surface area contributed by atoms with Gasteiger partial charge in [-0.25, -0.2) is 4.98 Å². The number of hydrogen-bond acceptors (Lipinski definition) is 5. The van der Waals surface area contributed by atoms with Crippen molar-refractivity contribution in [3.05, 3.63) is 27.9 Å². The Morgan fingerprint density at radius 3 is 2.95 bits per heavy atom. The van der Waals surface area contributed by atoms with Gasteiger partial charge in [0.1, 0.15) is 0 Å². The molecular formula is C14H19N3O4. The maximum absolute atomic E-state index is 11.2. The second-order valence-electron chi connectivity index (χ2n) is 5.33. The zero-order valence-electron chi connectivity index (χ0n) is 12.0. The predicted molar refractivity (Wildman–Crippen MR) is 77.5 cm³/mol. The summed E-state index contributed by atoms with van der Waals surface area (Å²) in [6.45, 7) is 2.48. The molecular weight excluding hydrogens is 274 g/mol. The average molecular weight is 293 g/mol. The van der Waals surface area contributed by atoms with E-state index in [2.05, 4.69) is 4.98 Å². The van der Waals surface area contributed by atoms with Crippen molar-refractivity contribution >= 4 is 17.5 Å². The number of anilines is 1. The second-order valence-corrected chi connectivity index (χ2v) is 5.33. The Balaban J connectivity index is 2.30. The Kier molecular flexibility index (Phi) is 4.72. The van der Waals surface area contributed by atoms with E-state index in [4.69, 9.17) is 5.11 Å². The molecule has 0 spiro atoms. The summed E-state index contributed by atoms with van der Waals surface area (Å²) in [4.78, 5) is 27.8. The van der Waals surface area contributed by atoms with Crippen LogP contribution in [0, 0.1) is 17.0 Å². The Morgan fingerprint density at radius 2 is 2.29 bits per heavy atom. The van der Waals surface area contributed by atoms with E-state index in [1.807, 2.05) is 4.90 Å². The first kappa shape index (κ1) is 15.2. The topological polar surface area (TPSA) is 96.6 Å². The van der Waals surface area contributed by atoms with E-state index in [9.17, 15) is 14.9 Å². The third-order valence-corrected chi connectivity index (χ3v) is 3.78. The fourth-order valence-corrected chi connectivity index (χ4v) is 2.76. The number of rotatable bonds is 5. The van der Waals surface area contributed by atoms with E-state index < -0.39 is 10.9 Å². The molecule has 1 unspecified atom stereocenters. The molecule has 21 heavy (non-hydrogen) atoms. The largest absolute Gasteiger partial charge is 0.481 e. The van der Waals surface area contributed by atoms with Crippen molar-refractivity contribution in [1.82, 2.24) is 4.98 Å². The Hall–Kier alpha value is -2.18. The summed E-state index contributed by atoms with van der Waals surface area (Å²) in [6, 6.07) is 3.10. The molecule has 0 radical (unpaired) electrons. The summed E-state index contributed by atoms with van der Waals surface area (Å²) in [7, 11) is 0. The van der Waals surface area contributed by atoms with Crippen LogP contribution in [0.5, 0.6) is 0 Å². The SMILES string of the molecule is Cc1ccc([N+](=O)[O-])c(N2CCCCC2CCC(=O)O)n1. The minimum Gasteiger partial charge on any atom is -0.481 e. The standard InChI is InChI=1S/C14H19N3O4/c1-10-5-7-12(17(20)21)14(15-10)16-9-3-2-4-11(16)6-8-13(18)19/h5,7,11H,2-4,6,8-9H2,1H3,(H,18,19). The number of aliphatic carboxylic acids is 1. The van der Waals surface area contributed by atoms with E-state index in [0.29, 0.717) is 18.8 Å². The Bertz CT molecular complexity index is 547. The van der Waals surface area contributed by atoms with Crippen LogP contribution in [0.3, 0.4) is 0 Å². The molecule has 2 heterocycles. The number of nitrogens with zero attached hydrogens (tertiary/aromatic N) is 3. The van der Waals surface area contributed by atoms with Crippen LogP contribution >= 0.6 is 0 Å². The molecule has 1 saturated heterocycles. The summed E-state index contributed by atoms with van der Waals surface area (Å²) in [5, 5.41) is 20.0. The van der Waals surface area contributed by atoms with Crippen molar-refractivity contribution in [2.75, 3.05) is 11.4 Å². The van der Waals surface area contributed by atoms with E-state index in [1.165, 1.54) is 6.07 Å². The Morgan fingerprint density at radius 1 is 1.52 bits per heavy atom. The molecule has 1 atom stereocenters. The van der Waals surface area contributed by atoms with Crippen molar-refractivity contribution in [3.63, 3.8) is 0 Å². The smallest absolute Gasteiger partial charge is 0.311 e. The van der Waals surface area contributed by atoms with Gasteiger partial charge in [-0.15, -0.1) is 0 Å². The number of hydrogen-bond donors (Lipinski definition) is 1. The van der Waals surface area contributed by atoms with E-state index in [0.717, 1.165) is 25.0 Å². The lowest BCUT2D eigenvalue weighted by Gasteiger charge is -2.36. The summed E-state index contributed by atoms with van der Waals surface area (Å²) in [6.07, 6.45) is 3.36. The third-order valence-electron chi connectivity index (χ3n) is 3.78. The number of carboxylic acids is 1. The minimum atomic E-state index is -0.841. The van der Waals surface area contributed by atoms with Crippen LogP contribution in [0.1, 0.15) is 37.8 Å². The number of nitro groups is 1. The molecule has 1 fully saturated rings. The van der Waals surface area contributed by atoms with Crippen molar-refractivity contribution in [3.8, 4) is 0 Å². The van der Waals surface area contributed by atoms with Crippen molar-refractivity contribution in [1.29, 1.82) is 0 Å². The van der Waals surface area contributed by atoms with Gasteiger partial charge in [-0.05, 0) is 38.7 Å². The van der Waals surface area contributed by atoms with Gasteiger partial charge < -0.3 is 10.0 Å². The first-order valence-electron chi connectivity index (χ1n) is 7.09. The van der Waals surface area contributed by atoms with Crippen LogP contribution in [0.2, 0.25) is 0 Å². The highest BCUT2D eigenvalue weighted by molar-refractivity contribution is 5.67. The number of carbonyl (C=O) groups is 1. The maximum Gasteiger partial charge on any atom is 0.311 e. The van der Waals surface area contributed by atoms with Gasteiger partial charge in [-0.3, -0.25) is 14.9 Å². The molecule has 2 rings (SSSR count). The molecule has 114 valence electrons. The highest BCUT2D eigenvalue weighted by Gasteiger charge is 2.29. The van der Waals surface area contributed by atoms with Gasteiger partial charge in [0.25, 0.3) is 0 Å². The number of carboxylic acid groups (broad SMARTS) is 1. The second kappa shape index (κ2) is 6.51. The van der Waals surface area contributed by atoms with Crippen molar-refractivity contribution in [2.24, 2.45) is 0 Å². The van der Waals surface area contributed by atoms with Gasteiger partial charge in [0.15, 0.2) is 0 Å². The molecule has 0 aromatic carbocycles. The van der Waals surface area contributed by atoms with E-state index in [-0.39, 0.29) is 18.2 Å². The zero-order chi connectivity index (χ0) is 15.4. The zero-order valence-corrected chi connectivity index (χ0v) is 12.0. The first-order valence-corrected chi connectivity index (χ1v) is 7.09. The quantitative estimate of drug-likeness (QED) is 0.662. The van der Waals surface area contributed by atoms with Crippen molar-refractivity contribution < 1.29 is 14.8 Å². The molecule has 0 aliphatic carbocycles. The number of piperidine rings is 1. The molecule has 1 aromatic rings.